The van der Waals surface area contributed by atoms with E-state index in [1.54, 1.807) is 6.07 Å². The van der Waals surface area contributed by atoms with E-state index in [2.05, 4.69) is 36.6 Å². The summed E-state index contributed by atoms with van der Waals surface area (Å²) in [6.07, 6.45) is 0. The number of nitrogens with one attached hydrogen (secondary N) is 2. The lowest BCUT2D eigenvalue weighted by molar-refractivity contribution is 1.05. The third-order valence-electron chi connectivity index (χ3n) is 2.12. The van der Waals surface area contributed by atoms with Crippen LogP contribution in [0.3, 0.4) is 0 Å². The van der Waals surface area contributed by atoms with Gasteiger partial charge in [-0.25, -0.2) is 15.8 Å². The largest absolute Gasteiger partial charge is 0.339 e. The molecule has 0 radical (unpaired) electrons. The Hall–Kier alpha value is -1.66. The van der Waals surface area contributed by atoms with Gasteiger partial charge in [-0.3, -0.25) is 0 Å². The Bertz CT molecular complexity index is 529. The molecule has 0 aliphatic rings. The second-order valence-electron chi connectivity index (χ2n) is 3.43. The van der Waals surface area contributed by atoms with E-state index >= 15 is 0 Å². The summed E-state index contributed by atoms with van der Waals surface area (Å²) in [5.74, 6) is 7.25. The molecule has 0 fully saturated rings. The van der Waals surface area contributed by atoms with Crippen molar-refractivity contribution in [3.8, 4) is 0 Å². The Balaban J connectivity index is 2.30. The molecular weight excluding hydrogens is 282 g/mol. The smallest absolute Gasteiger partial charge is 0.145 e. The van der Waals surface area contributed by atoms with E-state index < -0.39 is 0 Å². The predicted molar refractivity (Wildman–Crippen MR) is 72.0 cm³/mol. The molecule has 0 aliphatic carbocycles. The minimum atomic E-state index is 0.576. The molecule has 17 heavy (non-hydrogen) atoms. The number of rotatable bonds is 3. The Morgan fingerprint density at radius 3 is 2.59 bits per heavy atom. The summed E-state index contributed by atoms with van der Waals surface area (Å²) in [6.45, 7) is 1.81. The van der Waals surface area contributed by atoms with E-state index in [0.29, 0.717) is 17.5 Å². The van der Waals surface area contributed by atoms with Gasteiger partial charge < -0.3 is 10.7 Å². The number of benzene rings is 1. The third-order valence-corrected chi connectivity index (χ3v) is 2.81. The fourth-order valence-electron chi connectivity index (χ4n) is 1.41. The van der Waals surface area contributed by atoms with Crippen molar-refractivity contribution in [3.05, 3.63) is 40.6 Å². The van der Waals surface area contributed by atoms with Crippen LogP contribution in [0.5, 0.6) is 0 Å². The number of hydrogen-bond acceptors (Lipinski definition) is 5. The fourth-order valence-corrected chi connectivity index (χ4v) is 1.79. The first kappa shape index (κ1) is 11.8. The first-order valence-corrected chi connectivity index (χ1v) is 5.82. The quantitative estimate of drug-likeness (QED) is 0.599. The molecule has 2 rings (SSSR count). The van der Waals surface area contributed by atoms with Gasteiger partial charge in [0.2, 0.25) is 0 Å². The minimum absolute atomic E-state index is 0.576. The first-order chi connectivity index (χ1) is 8.19. The van der Waals surface area contributed by atoms with E-state index in [9.17, 15) is 0 Å². The van der Waals surface area contributed by atoms with E-state index in [1.807, 2.05) is 31.2 Å². The van der Waals surface area contributed by atoms with Gasteiger partial charge in [-0.05, 0) is 35.0 Å². The number of nitrogens with two attached hydrogens (primary N) is 1. The van der Waals surface area contributed by atoms with Crippen molar-refractivity contribution in [3.63, 3.8) is 0 Å². The number of halogens is 1. The average molecular weight is 294 g/mol. The highest BCUT2D eigenvalue weighted by molar-refractivity contribution is 9.10. The maximum Gasteiger partial charge on any atom is 0.145 e. The van der Waals surface area contributed by atoms with Gasteiger partial charge in [0.25, 0.3) is 0 Å². The van der Waals surface area contributed by atoms with Crippen molar-refractivity contribution in [1.29, 1.82) is 0 Å². The molecule has 0 unspecified atom stereocenters. The standard InChI is InChI=1S/C11H12BrN5/c1-7-14-10(6-11(15-7)17-13)16-9-5-3-2-4-8(9)12/h2-6H,13H2,1H3,(H2,14,15,16,17). The number of nitrogen functional groups attached to an aromatic ring is 1. The van der Waals surface area contributed by atoms with Gasteiger partial charge in [-0.2, -0.15) is 0 Å². The lowest BCUT2D eigenvalue weighted by Gasteiger charge is -2.09. The summed E-state index contributed by atoms with van der Waals surface area (Å²) in [5.41, 5.74) is 3.44. The van der Waals surface area contributed by atoms with Gasteiger partial charge in [0, 0.05) is 10.5 Å². The molecule has 0 atom stereocenters. The van der Waals surface area contributed by atoms with Gasteiger partial charge in [0.1, 0.15) is 17.5 Å². The molecule has 88 valence electrons. The number of nitrogens with zero attached hydrogens (tertiary/aromatic N) is 2. The molecule has 5 nitrogen and oxygen atoms in total. The molecule has 0 spiro atoms. The molecule has 1 aromatic carbocycles. The Labute approximate surface area is 108 Å². The maximum atomic E-state index is 5.33. The third kappa shape index (κ3) is 2.92. The van der Waals surface area contributed by atoms with E-state index in [1.165, 1.54) is 0 Å². The molecule has 0 saturated carbocycles. The summed E-state index contributed by atoms with van der Waals surface area (Å²) in [7, 11) is 0. The van der Waals surface area contributed by atoms with Crippen molar-refractivity contribution >= 4 is 33.3 Å². The highest BCUT2D eigenvalue weighted by atomic mass is 79.9. The molecule has 0 aliphatic heterocycles. The highest BCUT2D eigenvalue weighted by Gasteiger charge is 2.03. The monoisotopic (exact) mass is 293 g/mol. The van der Waals surface area contributed by atoms with Crippen molar-refractivity contribution in [2.45, 2.75) is 6.92 Å². The second-order valence-corrected chi connectivity index (χ2v) is 4.29. The van der Waals surface area contributed by atoms with Gasteiger partial charge in [0.15, 0.2) is 0 Å². The number of hydrazine groups is 1. The number of aromatic nitrogens is 2. The van der Waals surface area contributed by atoms with E-state index in [-0.39, 0.29) is 0 Å². The number of hydrogen-bond donors (Lipinski definition) is 3. The minimum Gasteiger partial charge on any atom is -0.339 e. The van der Waals surface area contributed by atoms with Crippen LogP contribution in [0, 0.1) is 6.92 Å². The average Bonchev–Trinajstić information content (AvgIpc) is 2.31. The maximum absolute atomic E-state index is 5.33. The van der Waals surface area contributed by atoms with Crippen LogP contribution in [0.1, 0.15) is 5.82 Å². The zero-order valence-corrected chi connectivity index (χ0v) is 10.8. The zero-order chi connectivity index (χ0) is 12.3. The molecule has 0 saturated heterocycles. The fraction of sp³-hybridized carbons (Fsp3) is 0.0909. The topological polar surface area (TPSA) is 75.9 Å². The van der Waals surface area contributed by atoms with Gasteiger partial charge in [-0.1, -0.05) is 12.1 Å². The Morgan fingerprint density at radius 1 is 1.18 bits per heavy atom. The van der Waals surface area contributed by atoms with Crippen LogP contribution in [0.2, 0.25) is 0 Å². The van der Waals surface area contributed by atoms with Crippen LogP contribution in [0.25, 0.3) is 0 Å². The molecule has 0 bridgehead atoms. The van der Waals surface area contributed by atoms with Crippen LogP contribution in [0.4, 0.5) is 17.3 Å². The lowest BCUT2D eigenvalue weighted by Crippen LogP contribution is -2.10. The number of anilines is 3. The first-order valence-electron chi connectivity index (χ1n) is 5.03. The van der Waals surface area contributed by atoms with Crippen LogP contribution in [0.15, 0.2) is 34.8 Å². The van der Waals surface area contributed by atoms with Crippen molar-refractivity contribution in [2.24, 2.45) is 5.84 Å². The van der Waals surface area contributed by atoms with E-state index in [0.717, 1.165) is 10.2 Å². The molecule has 2 aromatic rings. The Morgan fingerprint density at radius 2 is 1.88 bits per heavy atom. The highest BCUT2D eigenvalue weighted by Crippen LogP contribution is 2.25. The zero-order valence-electron chi connectivity index (χ0n) is 9.24. The summed E-state index contributed by atoms with van der Waals surface area (Å²) >= 11 is 3.46. The summed E-state index contributed by atoms with van der Waals surface area (Å²) in [5, 5.41) is 3.19. The second kappa shape index (κ2) is 5.11. The normalized spacial score (nSPS) is 10.1. The summed E-state index contributed by atoms with van der Waals surface area (Å²) in [6, 6.07) is 9.55. The SMILES string of the molecule is Cc1nc(NN)cc(Nc2ccccc2Br)n1. The van der Waals surface area contributed by atoms with Crippen LogP contribution < -0.4 is 16.6 Å². The molecule has 6 heteroatoms. The molecule has 1 aromatic heterocycles. The summed E-state index contributed by atoms with van der Waals surface area (Å²) < 4.78 is 0.971. The number of aryl methyl sites for hydroxylation is 1. The van der Waals surface area contributed by atoms with Crippen LogP contribution >= 0.6 is 15.9 Å². The molecular formula is C11H12BrN5. The van der Waals surface area contributed by atoms with Crippen molar-refractivity contribution in [1.82, 2.24) is 9.97 Å². The molecule has 0 amide bonds. The van der Waals surface area contributed by atoms with Crippen molar-refractivity contribution in [2.75, 3.05) is 10.7 Å². The van der Waals surface area contributed by atoms with Gasteiger partial charge in [-0.15, -0.1) is 0 Å². The van der Waals surface area contributed by atoms with Gasteiger partial charge in [0.05, 0.1) is 5.69 Å². The van der Waals surface area contributed by atoms with Crippen LogP contribution in [-0.4, -0.2) is 9.97 Å². The van der Waals surface area contributed by atoms with Gasteiger partial charge >= 0.3 is 0 Å². The van der Waals surface area contributed by atoms with Crippen molar-refractivity contribution < 1.29 is 0 Å². The number of para-hydroxylation sites is 1. The summed E-state index contributed by atoms with van der Waals surface area (Å²) in [4.78, 5) is 8.40. The van der Waals surface area contributed by atoms with E-state index in [4.69, 9.17) is 5.84 Å². The molecule has 1 heterocycles. The predicted octanol–water partition coefficient (Wildman–Crippen LogP) is 2.58. The Kier molecular flexibility index (Phi) is 3.55. The lowest BCUT2D eigenvalue weighted by atomic mass is 10.3. The van der Waals surface area contributed by atoms with Crippen LogP contribution in [-0.2, 0) is 0 Å². The molecule has 4 N–H and O–H groups in total.